The molecule has 1 aliphatic heterocycles. The van der Waals surface area contributed by atoms with Crippen LogP contribution in [0.4, 0.5) is 0 Å². The molecule has 4 rings (SSSR count). The molecule has 0 saturated carbocycles. The molecule has 0 aliphatic carbocycles. The van der Waals surface area contributed by atoms with E-state index in [0.717, 1.165) is 23.5 Å². The first-order valence-corrected chi connectivity index (χ1v) is 11.3. The zero-order valence-electron chi connectivity index (χ0n) is 18.9. The van der Waals surface area contributed by atoms with Crippen LogP contribution in [0, 0.1) is 18.8 Å². The molecule has 2 aromatic heterocycles. The van der Waals surface area contributed by atoms with Crippen LogP contribution in [0.25, 0.3) is 4.96 Å². The van der Waals surface area contributed by atoms with Gasteiger partial charge in [0.1, 0.15) is 5.82 Å². The lowest BCUT2D eigenvalue weighted by molar-refractivity contribution is 0.111. The van der Waals surface area contributed by atoms with Crippen LogP contribution >= 0.6 is 11.3 Å². The number of aryl methyl sites for hydroxylation is 1. The number of nitrogens with zero attached hydrogens (tertiary/aromatic N) is 4. The average molecular weight is 447 g/mol. The van der Waals surface area contributed by atoms with E-state index in [1.54, 1.807) is 21.3 Å². The highest BCUT2D eigenvalue weighted by Gasteiger charge is 2.34. The fraction of sp³-hybridized carbons (Fsp3) is 0.545. The summed E-state index contributed by atoms with van der Waals surface area (Å²) in [6.07, 6.45) is 1.19. The maximum Gasteiger partial charge on any atom is 0.230 e. The number of hydrogen-bond donors (Lipinski definition) is 1. The number of ether oxygens (including phenoxy) is 3. The Kier molecular flexibility index (Phi) is 5.98. The minimum Gasteiger partial charge on any atom is -0.493 e. The zero-order chi connectivity index (χ0) is 22.3. The molecule has 1 N–H and O–H groups in total. The molecule has 31 heavy (non-hydrogen) atoms. The maximum absolute atomic E-state index is 11.1. The molecular weight excluding hydrogens is 416 g/mol. The van der Waals surface area contributed by atoms with Crippen LogP contribution in [0.3, 0.4) is 0 Å². The summed E-state index contributed by atoms with van der Waals surface area (Å²) in [6.45, 7) is 8.24. The molecule has 0 bridgehead atoms. The average Bonchev–Trinajstić information content (AvgIpc) is 3.24. The number of aromatic nitrogens is 3. The number of aromatic hydroxyl groups is 1. The van der Waals surface area contributed by atoms with E-state index < -0.39 is 0 Å². The molecule has 3 atom stereocenters. The molecule has 0 radical (unpaired) electrons. The van der Waals surface area contributed by atoms with E-state index in [2.05, 4.69) is 28.8 Å². The summed E-state index contributed by atoms with van der Waals surface area (Å²) in [5.41, 5.74) is 0.965. The monoisotopic (exact) mass is 446 g/mol. The summed E-state index contributed by atoms with van der Waals surface area (Å²) in [7, 11) is 4.83. The lowest BCUT2D eigenvalue weighted by Crippen LogP contribution is -2.41. The van der Waals surface area contributed by atoms with Crippen molar-refractivity contribution in [2.24, 2.45) is 11.8 Å². The van der Waals surface area contributed by atoms with Crippen LogP contribution in [0.15, 0.2) is 12.1 Å². The summed E-state index contributed by atoms with van der Waals surface area (Å²) in [4.78, 5) is 8.38. The third-order valence-electron chi connectivity index (χ3n) is 5.82. The van der Waals surface area contributed by atoms with Crippen molar-refractivity contribution in [2.45, 2.75) is 33.2 Å². The van der Waals surface area contributed by atoms with E-state index in [9.17, 15) is 5.11 Å². The summed E-state index contributed by atoms with van der Waals surface area (Å²) in [6, 6.07) is 3.75. The molecule has 1 aromatic carbocycles. The van der Waals surface area contributed by atoms with E-state index in [4.69, 9.17) is 14.2 Å². The Bertz CT molecular complexity index is 1040. The van der Waals surface area contributed by atoms with E-state index in [1.165, 1.54) is 22.3 Å². The quantitative estimate of drug-likeness (QED) is 0.615. The van der Waals surface area contributed by atoms with Crippen molar-refractivity contribution in [1.29, 1.82) is 0 Å². The molecule has 0 unspecified atom stereocenters. The third-order valence-corrected chi connectivity index (χ3v) is 6.89. The van der Waals surface area contributed by atoms with Crippen molar-refractivity contribution in [2.75, 3.05) is 34.4 Å². The van der Waals surface area contributed by atoms with Crippen LogP contribution < -0.4 is 14.2 Å². The molecule has 3 heterocycles. The lowest BCUT2D eigenvalue weighted by atomic mass is 9.89. The van der Waals surface area contributed by atoms with Gasteiger partial charge in [0, 0.05) is 13.1 Å². The molecule has 168 valence electrons. The summed E-state index contributed by atoms with van der Waals surface area (Å²) >= 11 is 1.47. The minimum atomic E-state index is -0.187. The number of fused-ring (bicyclic) bond motifs is 1. The van der Waals surface area contributed by atoms with Crippen molar-refractivity contribution >= 4 is 16.3 Å². The molecule has 8 nitrogen and oxygen atoms in total. The number of methoxy groups -OCH3 is 3. The predicted molar refractivity (Wildman–Crippen MR) is 120 cm³/mol. The smallest absolute Gasteiger partial charge is 0.230 e. The highest BCUT2D eigenvalue weighted by Crippen LogP contribution is 2.46. The van der Waals surface area contributed by atoms with Crippen molar-refractivity contribution in [3.8, 4) is 23.1 Å². The topological polar surface area (TPSA) is 81.4 Å². The maximum atomic E-state index is 11.1. The second kappa shape index (κ2) is 8.55. The molecule has 1 saturated heterocycles. The predicted octanol–water partition coefficient (Wildman–Crippen LogP) is 3.90. The second-order valence-corrected chi connectivity index (χ2v) is 9.41. The van der Waals surface area contributed by atoms with Gasteiger partial charge < -0.3 is 19.3 Å². The second-order valence-electron chi connectivity index (χ2n) is 8.40. The fourth-order valence-corrected chi connectivity index (χ4v) is 5.90. The van der Waals surface area contributed by atoms with Gasteiger partial charge in [-0.2, -0.15) is 4.52 Å². The summed E-state index contributed by atoms with van der Waals surface area (Å²) in [5, 5.41) is 15.5. The molecular formula is C22H30N4O4S. The molecule has 3 aromatic rings. The largest absolute Gasteiger partial charge is 0.493 e. The Labute approximate surface area is 186 Å². The van der Waals surface area contributed by atoms with Crippen LogP contribution in [0.1, 0.15) is 42.6 Å². The Balaban J connectivity index is 1.90. The van der Waals surface area contributed by atoms with E-state index in [-0.39, 0.29) is 11.9 Å². The first-order valence-electron chi connectivity index (χ1n) is 10.4. The highest BCUT2D eigenvalue weighted by molar-refractivity contribution is 7.17. The Morgan fingerprint density at radius 3 is 2.19 bits per heavy atom. The number of rotatable bonds is 6. The Morgan fingerprint density at radius 1 is 1.06 bits per heavy atom. The standard InChI is InChI=1S/C22H30N4O4S/c1-12-7-13(2)11-25(10-12)18(20-21(27)26-22(31-20)23-14(3)24-26)15-8-16(28-4)19(30-6)17(9-15)29-5/h8-9,12-13,18,27H,7,10-11H2,1-6H3/t12-,13-,18-/m1/s1. The van der Waals surface area contributed by atoms with Gasteiger partial charge in [-0.05, 0) is 42.9 Å². The van der Waals surface area contributed by atoms with Gasteiger partial charge >= 0.3 is 0 Å². The molecule has 0 spiro atoms. The van der Waals surface area contributed by atoms with Crippen LogP contribution in [-0.2, 0) is 0 Å². The van der Waals surface area contributed by atoms with Gasteiger partial charge in [0.2, 0.25) is 16.6 Å². The van der Waals surface area contributed by atoms with Crippen molar-refractivity contribution < 1.29 is 19.3 Å². The van der Waals surface area contributed by atoms with Gasteiger partial charge in [-0.25, -0.2) is 4.98 Å². The number of hydrogen-bond acceptors (Lipinski definition) is 8. The summed E-state index contributed by atoms with van der Waals surface area (Å²) < 4.78 is 18.3. The van der Waals surface area contributed by atoms with Gasteiger partial charge in [0.15, 0.2) is 11.5 Å². The lowest BCUT2D eigenvalue weighted by Gasteiger charge is -2.40. The molecule has 9 heteroatoms. The number of benzene rings is 1. The zero-order valence-corrected chi connectivity index (χ0v) is 19.7. The van der Waals surface area contributed by atoms with Crippen molar-refractivity contribution in [3.63, 3.8) is 0 Å². The third kappa shape index (κ3) is 3.92. The van der Waals surface area contributed by atoms with Gasteiger partial charge in [0.05, 0.1) is 32.2 Å². The van der Waals surface area contributed by atoms with E-state index in [0.29, 0.717) is 39.9 Å². The van der Waals surface area contributed by atoms with Crippen LogP contribution in [-0.4, -0.2) is 59.0 Å². The fourth-order valence-electron chi connectivity index (χ4n) is 4.74. The summed E-state index contributed by atoms with van der Waals surface area (Å²) in [5.74, 6) is 3.61. The van der Waals surface area contributed by atoms with Crippen LogP contribution in [0.2, 0.25) is 0 Å². The van der Waals surface area contributed by atoms with Crippen molar-refractivity contribution in [3.05, 3.63) is 28.4 Å². The van der Waals surface area contributed by atoms with Crippen molar-refractivity contribution in [1.82, 2.24) is 19.5 Å². The highest BCUT2D eigenvalue weighted by atomic mass is 32.1. The van der Waals surface area contributed by atoms with Gasteiger partial charge in [-0.1, -0.05) is 25.2 Å². The number of piperidine rings is 1. The first kappa shape index (κ1) is 21.7. The molecule has 0 amide bonds. The van der Waals surface area contributed by atoms with Crippen LogP contribution in [0.5, 0.6) is 23.1 Å². The Morgan fingerprint density at radius 2 is 1.68 bits per heavy atom. The molecule has 1 fully saturated rings. The Hall–Kier alpha value is -2.52. The van der Waals surface area contributed by atoms with Gasteiger partial charge in [0.25, 0.3) is 0 Å². The normalized spacial score (nSPS) is 20.7. The van der Waals surface area contributed by atoms with E-state index >= 15 is 0 Å². The molecule has 1 aliphatic rings. The SMILES string of the molecule is COc1cc([C@H](c2sc3nc(C)nn3c2O)N2C[C@H](C)C[C@@H](C)C2)cc(OC)c1OC. The number of likely N-dealkylation sites (tertiary alicyclic amines) is 1. The van der Waals surface area contributed by atoms with E-state index in [1.807, 2.05) is 19.1 Å². The first-order chi connectivity index (χ1) is 14.9. The van der Waals surface area contributed by atoms with Gasteiger partial charge in [-0.15, -0.1) is 5.10 Å². The minimum absolute atomic E-state index is 0.130. The van der Waals surface area contributed by atoms with Gasteiger partial charge in [-0.3, -0.25) is 4.90 Å². The number of thiazole rings is 1.